The fraction of sp³-hybridized carbons (Fsp3) is 0.182. The molecule has 0 saturated carbocycles. The standard InChI is InChI=1S/C11H9F2NO/c1-2-6-15-14-8-9-4-3-5-10(7-9)11(12)13/h1,3-5,7-8,11H,6H2. The third-order valence-electron chi connectivity index (χ3n) is 1.59. The van der Waals surface area contributed by atoms with Crippen molar-refractivity contribution in [1.82, 2.24) is 0 Å². The third kappa shape index (κ3) is 3.77. The molecule has 0 bridgehead atoms. The fourth-order valence-corrected chi connectivity index (χ4v) is 0.948. The smallest absolute Gasteiger partial charge is 0.263 e. The van der Waals surface area contributed by atoms with Crippen molar-refractivity contribution in [3.63, 3.8) is 0 Å². The van der Waals surface area contributed by atoms with Crippen molar-refractivity contribution in [3.05, 3.63) is 35.4 Å². The SMILES string of the molecule is C#CCON=Cc1cccc(C(F)F)c1. The van der Waals surface area contributed by atoms with Crippen molar-refractivity contribution >= 4 is 6.21 Å². The lowest BCUT2D eigenvalue weighted by Crippen LogP contribution is -1.89. The number of nitrogens with zero attached hydrogens (tertiary/aromatic N) is 1. The Hall–Kier alpha value is -1.89. The van der Waals surface area contributed by atoms with Crippen LogP contribution in [0.1, 0.15) is 17.6 Å². The Morgan fingerprint density at radius 1 is 1.53 bits per heavy atom. The van der Waals surface area contributed by atoms with Gasteiger partial charge in [0.1, 0.15) is 0 Å². The first-order valence-corrected chi connectivity index (χ1v) is 4.21. The predicted molar refractivity (Wildman–Crippen MR) is 53.8 cm³/mol. The van der Waals surface area contributed by atoms with Crippen molar-refractivity contribution in [2.45, 2.75) is 6.43 Å². The van der Waals surface area contributed by atoms with Crippen LogP contribution in [0.15, 0.2) is 29.4 Å². The van der Waals surface area contributed by atoms with Crippen molar-refractivity contribution in [3.8, 4) is 12.3 Å². The maximum absolute atomic E-state index is 12.3. The molecule has 0 saturated heterocycles. The van der Waals surface area contributed by atoms with E-state index >= 15 is 0 Å². The highest BCUT2D eigenvalue weighted by atomic mass is 19.3. The van der Waals surface area contributed by atoms with Gasteiger partial charge in [-0.25, -0.2) is 8.78 Å². The third-order valence-corrected chi connectivity index (χ3v) is 1.59. The topological polar surface area (TPSA) is 21.6 Å². The summed E-state index contributed by atoms with van der Waals surface area (Å²) in [5.74, 6) is 2.23. The van der Waals surface area contributed by atoms with E-state index in [9.17, 15) is 8.78 Å². The van der Waals surface area contributed by atoms with E-state index in [1.165, 1.54) is 24.4 Å². The van der Waals surface area contributed by atoms with E-state index in [0.29, 0.717) is 5.56 Å². The summed E-state index contributed by atoms with van der Waals surface area (Å²) in [6.07, 6.45) is 3.78. The van der Waals surface area contributed by atoms with Crippen LogP contribution < -0.4 is 0 Å². The van der Waals surface area contributed by atoms with Crippen LogP contribution in [0, 0.1) is 12.3 Å². The zero-order valence-electron chi connectivity index (χ0n) is 7.86. The molecule has 0 atom stereocenters. The quantitative estimate of drug-likeness (QED) is 0.323. The zero-order chi connectivity index (χ0) is 11.1. The number of halogens is 2. The van der Waals surface area contributed by atoms with E-state index in [2.05, 4.69) is 15.9 Å². The summed E-state index contributed by atoms with van der Waals surface area (Å²) in [7, 11) is 0. The molecule has 0 fully saturated rings. The maximum Gasteiger partial charge on any atom is 0.263 e. The van der Waals surface area contributed by atoms with E-state index in [-0.39, 0.29) is 12.2 Å². The van der Waals surface area contributed by atoms with Crippen molar-refractivity contribution in [2.24, 2.45) is 5.16 Å². The molecule has 0 aromatic heterocycles. The van der Waals surface area contributed by atoms with Crippen molar-refractivity contribution in [2.75, 3.05) is 6.61 Å². The minimum Gasteiger partial charge on any atom is -0.383 e. The zero-order valence-corrected chi connectivity index (χ0v) is 7.86. The Labute approximate surface area is 86.5 Å². The second kappa shape index (κ2) is 5.76. The van der Waals surface area contributed by atoms with Crippen LogP contribution >= 0.6 is 0 Å². The first kappa shape index (κ1) is 11.2. The Morgan fingerprint density at radius 3 is 3.00 bits per heavy atom. The van der Waals surface area contributed by atoms with Crippen molar-refractivity contribution in [1.29, 1.82) is 0 Å². The number of hydrogen-bond acceptors (Lipinski definition) is 2. The summed E-state index contributed by atoms with van der Waals surface area (Å²) in [6.45, 7) is 0.0606. The summed E-state index contributed by atoms with van der Waals surface area (Å²) < 4.78 is 24.6. The van der Waals surface area contributed by atoms with Gasteiger partial charge in [0, 0.05) is 5.56 Å². The Balaban J connectivity index is 2.66. The molecule has 0 N–H and O–H groups in total. The molecule has 1 aromatic rings. The molecule has 0 heterocycles. The van der Waals surface area contributed by atoms with Crippen LogP contribution in [-0.4, -0.2) is 12.8 Å². The van der Waals surface area contributed by atoms with E-state index in [1.54, 1.807) is 6.07 Å². The second-order valence-electron chi connectivity index (χ2n) is 2.68. The molecule has 0 aliphatic rings. The Kier molecular flexibility index (Phi) is 4.30. The first-order chi connectivity index (χ1) is 7.24. The minimum atomic E-state index is -2.48. The molecule has 0 aliphatic carbocycles. The number of alkyl halides is 2. The van der Waals surface area contributed by atoms with Gasteiger partial charge in [-0.15, -0.1) is 6.42 Å². The number of terminal acetylenes is 1. The maximum atomic E-state index is 12.3. The summed E-state index contributed by atoms with van der Waals surface area (Å²) in [5, 5.41) is 3.52. The van der Waals surface area contributed by atoms with Gasteiger partial charge in [-0.05, 0) is 11.6 Å². The molecule has 0 aliphatic heterocycles. The van der Waals surface area contributed by atoms with Crippen LogP contribution in [0.4, 0.5) is 8.78 Å². The van der Waals surface area contributed by atoms with Crippen LogP contribution in [-0.2, 0) is 4.84 Å². The monoisotopic (exact) mass is 209 g/mol. The summed E-state index contributed by atoms with van der Waals surface area (Å²) >= 11 is 0. The van der Waals surface area contributed by atoms with Crippen LogP contribution in [0.25, 0.3) is 0 Å². The van der Waals surface area contributed by atoms with E-state index in [0.717, 1.165) is 0 Å². The summed E-state index contributed by atoms with van der Waals surface area (Å²) in [5.41, 5.74) is 0.501. The van der Waals surface area contributed by atoms with Gasteiger partial charge in [0.25, 0.3) is 6.43 Å². The first-order valence-electron chi connectivity index (χ1n) is 4.21. The molecule has 0 unspecified atom stereocenters. The van der Waals surface area contributed by atoms with Gasteiger partial charge in [0.15, 0.2) is 6.61 Å². The molecule has 4 heteroatoms. The molecular formula is C11H9F2NO. The summed E-state index contributed by atoms with van der Waals surface area (Å²) in [6, 6.07) is 5.87. The molecule has 0 radical (unpaired) electrons. The second-order valence-corrected chi connectivity index (χ2v) is 2.68. The number of benzene rings is 1. The number of oxime groups is 1. The van der Waals surface area contributed by atoms with Gasteiger partial charge in [0.2, 0.25) is 0 Å². The normalized spacial score (nSPS) is 10.5. The highest BCUT2D eigenvalue weighted by Gasteiger charge is 2.05. The molecular weight excluding hydrogens is 200 g/mol. The van der Waals surface area contributed by atoms with Crippen LogP contribution in [0.3, 0.4) is 0 Å². The lowest BCUT2D eigenvalue weighted by Gasteiger charge is -1.99. The van der Waals surface area contributed by atoms with Gasteiger partial charge in [0.05, 0.1) is 6.21 Å². The van der Waals surface area contributed by atoms with Crippen LogP contribution in [0.2, 0.25) is 0 Å². The van der Waals surface area contributed by atoms with Gasteiger partial charge >= 0.3 is 0 Å². The molecule has 1 rings (SSSR count). The van der Waals surface area contributed by atoms with Gasteiger partial charge < -0.3 is 4.84 Å². The molecule has 2 nitrogen and oxygen atoms in total. The van der Waals surface area contributed by atoms with Gasteiger partial charge in [-0.1, -0.05) is 29.3 Å². The minimum absolute atomic E-state index is 0.0455. The van der Waals surface area contributed by atoms with E-state index < -0.39 is 6.43 Å². The predicted octanol–water partition coefficient (Wildman–Crippen LogP) is 2.61. The highest BCUT2D eigenvalue weighted by Crippen LogP contribution is 2.18. The van der Waals surface area contributed by atoms with Crippen LogP contribution in [0.5, 0.6) is 0 Å². The van der Waals surface area contributed by atoms with Crippen molar-refractivity contribution < 1.29 is 13.6 Å². The molecule has 78 valence electrons. The lowest BCUT2D eigenvalue weighted by molar-refractivity contribution is 0.151. The fourth-order valence-electron chi connectivity index (χ4n) is 0.948. The van der Waals surface area contributed by atoms with Gasteiger partial charge in [-0.3, -0.25) is 0 Å². The average molecular weight is 209 g/mol. The highest BCUT2D eigenvalue weighted by molar-refractivity contribution is 5.79. The molecule has 1 aromatic carbocycles. The Bertz CT molecular complexity index is 382. The average Bonchev–Trinajstić information content (AvgIpc) is 2.25. The van der Waals surface area contributed by atoms with Gasteiger partial charge in [-0.2, -0.15) is 0 Å². The lowest BCUT2D eigenvalue weighted by atomic mass is 10.1. The summed E-state index contributed by atoms with van der Waals surface area (Å²) in [4.78, 5) is 4.63. The number of rotatable bonds is 4. The van der Waals surface area contributed by atoms with E-state index in [4.69, 9.17) is 6.42 Å². The Morgan fingerprint density at radius 2 is 2.33 bits per heavy atom. The molecule has 0 amide bonds. The van der Waals surface area contributed by atoms with E-state index in [1.807, 2.05) is 0 Å². The largest absolute Gasteiger partial charge is 0.383 e. The number of hydrogen-bond donors (Lipinski definition) is 0. The molecule has 0 spiro atoms. The molecule has 15 heavy (non-hydrogen) atoms.